The molecule has 1 aromatic carbocycles. The molecule has 0 aromatic heterocycles. The van der Waals surface area contributed by atoms with Gasteiger partial charge in [-0.2, -0.15) is 13.2 Å². The van der Waals surface area contributed by atoms with Gasteiger partial charge in [0, 0.05) is 0 Å². The van der Waals surface area contributed by atoms with E-state index >= 15 is 0 Å². The van der Waals surface area contributed by atoms with Crippen LogP contribution in [0.3, 0.4) is 0 Å². The normalized spacial score (nSPS) is 16.6. The van der Waals surface area contributed by atoms with Gasteiger partial charge in [0.05, 0.1) is 29.2 Å². The zero-order valence-corrected chi connectivity index (χ0v) is 9.68. The number of nitrogens with zero attached hydrogens (tertiary/aromatic N) is 1. The van der Waals surface area contributed by atoms with E-state index in [1.54, 1.807) is 0 Å². The summed E-state index contributed by atoms with van der Waals surface area (Å²) in [5.74, 6) is -0.880. The molecule has 0 unspecified atom stereocenters. The molecule has 1 fully saturated rings. The maximum atomic E-state index is 12.5. The average Bonchev–Trinajstić information content (AvgIpc) is 2.56. The number of rotatable bonds is 1. The van der Waals surface area contributed by atoms with Crippen molar-refractivity contribution >= 4 is 29.0 Å². The summed E-state index contributed by atoms with van der Waals surface area (Å²) in [5.41, 5.74) is -0.989. The van der Waals surface area contributed by atoms with Crippen LogP contribution < -0.4 is 4.90 Å². The zero-order chi connectivity index (χ0) is 13.5. The van der Waals surface area contributed by atoms with Gasteiger partial charge in [-0.25, -0.2) is 0 Å². The molecule has 1 aliphatic rings. The summed E-state index contributed by atoms with van der Waals surface area (Å²) in [5, 5.41) is 0.00560. The van der Waals surface area contributed by atoms with E-state index in [1.807, 2.05) is 0 Å². The van der Waals surface area contributed by atoms with Crippen molar-refractivity contribution in [1.29, 1.82) is 0 Å². The Bertz CT molecular complexity index is 528. The molecule has 1 amide bonds. The minimum Gasteiger partial charge on any atom is -0.303 e. The van der Waals surface area contributed by atoms with Crippen molar-refractivity contribution in [2.75, 3.05) is 11.4 Å². The summed E-state index contributed by atoms with van der Waals surface area (Å²) in [6, 6.07) is 2.67. The standard InChI is InChI=1S/C11H7ClF3NO2/c12-8-2-1-6(11(13,14)15)3-9(8)16-5-7(17)4-10(16)18/h1-3H,4-5H2. The highest BCUT2D eigenvalue weighted by molar-refractivity contribution is 6.34. The topological polar surface area (TPSA) is 37.4 Å². The second-order valence-corrected chi connectivity index (χ2v) is 4.27. The number of alkyl halides is 3. The number of carbonyl (C=O) groups is 2. The lowest BCUT2D eigenvalue weighted by molar-refractivity contribution is -0.137. The summed E-state index contributed by atoms with van der Waals surface area (Å²) in [4.78, 5) is 23.5. The summed E-state index contributed by atoms with van der Waals surface area (Å²) >= 11 is 5.77. The van der Waals surface area contributed by atoms with Crippen LogP contribution in [-0.4, -0.2) is 18.2 Å². The molecule has 0 atom stereocenters. The monoisotopic (exact) mass is 277 g/mol. The number of Topliss-reactive ketones (excluding diaryl/α,β-unsaturated/α-hetero) is 1. The molecule has 7 heteroatoms. The fraction of sp³-hybridized carbons (Fsp3) is 0.273. The highest BCUT2D eigenvalue weighted by Gasteiger charge is 2.34. The Morgan fingerprint density at radius 1 is 1.22 bits per heavy atom. The second-order valence-electron chi connectivity index (χ2n) is 3.86. The van der Waals surface area contributed by atoms with Gasteiger partial charge >= 0.3 is 6.18 Å². The largest absolute Gasteiger partial charge is 0.416 e. The number of hydrogen-bond acceptors (Lipinski definition) is 2. The third kappa shape index (κ3) is 2.33. The number of ketones is 1. The molecule has 96 valence electrons. The van der Waals surface area contributed by atoms with E-state index in [9.17, 15) is 22.8 Å². The van der Waals surface area contributed by atoms with Crippen LogP contribution in [0.15, 0.2) is 18.2 Å². The number of halogens is 4. The maximum Gasteiger partial charge on any atom is 0.416 e. The Labute approximate surface area is 105 Å². The first-order chi connectivity index (χ1) is 8.29. The molecular weight excluding hydrogens is 271 g/mol. The minimum absolute atomic E-state index is 0.00560. The fourth-order valence-electron chi connectivity index (χ4n) is 1.70. The van der Waals surface area contributed by atoms with Crippen LogP contribution in [0.1, 0.15) is 12.0 Å². The second kappa shape index (κ2) is 4.28. The molecule has 0 bridgehead atoms. The average molecular weight is 278 g/mol. The van der Waals surface area contributed by atoms with Gasteiger partial charge < -0.3 is 4.90 Å². The Morgan fingerprint density at radius 3 is 2.39 bits per heavy atom. The van der Waals surface area contributed by atoms with Gasteiger partial charge in [0.15, 0.2) is 5.78 Å². The highest BCUT2D eigenvalue weighted by Crippen LogP contribution is 2.36. The Balaban J connectivity index is 2.44. The third-order valence-corrected chi connectivity index (χ3v) is 2.87. The summed E-state index contributed by atoms with van der Waals surface area (Å²) < 4.78 is 37.6. The van der Waals surface area contributed by atoms with Crippen LogP contribution in [0.25, 0.3) is 0 Å². The van der Waals surface area contributed by atoms with Crippen LogP contribution in [0, 0.1) is 0 Å². The predicted molar refractivity (Wildman–Crippen MR) is 58.4 cm³/mol. The Hall–Kier alpha value is -1.56. The third-order valence-electron chi connectivity index (χ3n) is 2.55. The van der Waals surface area contributed by atoms with Crippen LogP contribution in [-0.2, 0) is 15.8 Å². The van der Waals surface area contributed by atoms with Gasteiger partial charge in [-0.3, -0.25) is 9.59 Å². The Morgan fingerprint density at radius 2 is 1.89 bits per heavy atom. The smallest absolute Gasteiger partial charge is 0.303 e. The van der Waals surface area contributed by atoms with E-state index in [-0.39, 0.29) is 29.5 Å². The molecule has 1 aliphatic heterocycles. The van der Waals surface area contributed by atoms with Crippen molar-refractivity contribution in [2.45, 2.75) is 12.6 Å². The summed E-state index contributed by atoms with van der Waals surface area (Å²) in [6.45, 7) is -0.236. The lowest BCUT2D eigenvalue weighted by Crippen LogP contribution is -2.25. The van der Waals surface area contributed by atoms with Crippen LogP contribution in [0.4, 0.5) is 18.9 Å². The van der Waals surface area contributed by atoms with Gasteiger partial charge in [-0.05, 0) is 18.2 Å². The number of benzene rings is 1. The van der Waals surface area contributed by atoms with E-state index < -0.39 is 17.6 Å². The van der Waals surface area contributed by atoms with Crippen molar-refractivity contribution in [3.8, 4) is 0 Å². The van der Waals surface area contributed by atoms with E-state index in [0.29, 0.717) is 0 Å². The molecule has 2 rings (SSSR count). The fourth-order valence-corrected chi connectivity index (χ4v) is 1.92. The SMILES string of the molecule is O=C1CC(=O)N(c2cc(C(F)(F)F)ccc2Cl)C1. The lowest BCUT2D eigenvalue weighted by atomic mass is 10.2. The van der Waals surface area contributed by atoms with E-state index in [2.05, 4.69) is 0 Å². The number of amides is 1. The molecule has 0 spiro atoms. The summed E-state index contributed by atoms with van der Waals surface area (Å²) in [7, 11) is 0. The number of anilines is 1. The molecule has 18 heavy (non-hydrogen) atoms. The molecule has 0 saturated carbocycles. The number of hydrogen-bond donors (Lipinski definition) is 0. The van der Waals surface area contributed by atoms with Crippen molar-refractivity contribution in [3.63, 3.8) is 0 Å². The van der Waals surface area contributed by atoms with Crippen molar-refractivity contribution in [3.05, 3.63) is 28.8 Å². The molecule has 0 aliphatic carbocycles. The minimum atomic E-state index is -4.52. The van der Waals surface area contributed by atoms with Crippen LogP contribution in [0.5, 0.6) is 0 Å². The van der Waals surface area contributed by atoms with Crippen molar-refractivity contribution < 1.29 is 22.8 Å². The predicted octanol–water partition coefficient (Wildman–Crippen LogP) is 2.66. The number of carbonyl (C=O) groups excluding carboxylic acids is 2. The van der Waals surface area contributed by atoms with E-state index in [0.717, 1.165) is 23.1 Å². The highest BCUT2D eigenvalue weighted by atomic mass is 35.5. The molecule has 0 N–H and O–H groups in total. The van der Waals surface area contributed by atoms with Gasteiger partial charge in [-0.15, -0.1) is 0 Å². The van der Waals surface area contributed by atoms with E-state index in [1.165, 1.54) is 0 Å². The molecule has 0 radical (unpaired) electrons. The van der Waals surface area contributed by atoms with Crippen LogP contribution >= 0.6 is 11.6 Å². The molecule has 3 nitrogen and oxygen atoms in total. The lowest BCUT2D eigenvalue weighted by Gasteiger charge is -2.18. The van der Waals surface area contributed by atoms with Gasteiger partial charge in [0.2, 0.25) is 5.91 Å². The molecule has 1 aromatic rings. The first-order valence-corrected chi connectivity index (χ1v) is 5.35. The first kappa shape index (κ1) is 12.9. The maximum absolute atomic E-state index is 12.5. The molecule has 1 saturated heterocycles. The van der Waals surface area contributed by atoms with Gasteiger partial charge in [-0.1, -0.05) is 11.6 Å². The molecule has 1 heterocycles. The quantitative estimate of drug-likeness (QED) is 0.740. The first-order valence-electron chi connectivity index (χ1n) is 4.98. The van der Waals surface area contributed by atoms with Crippen molar-refractivity contribution in [2.24, 2.45) is 0 Å². The molecular formula is C11H7ClF3NO2. The summed E-state index contributed by atoms with van der Waals surface area (Å²) in [6.07, 6.45) is -4.82. The van der Waals surface area contributed by atoms with Gasteiger partial charge in [0.25, 0.3) is 0 Å². The van der Waals surface area contributed by atoms with Gasteiger partial charge in [0.1, 0.15) is 0 Å². The van der Waals surface area contributed by atoms with Crippen LogP contribution in [0.2, 0.25) is 5.02 Å². The zero-order valence-electron chi connectivity index (χ0n) is 8.92. The van der Waals surface area contributed by atoms with Crippen molar-refractivity contribution in [1.82, 2.24) is 0 Å². The Kier molecular flexibility index (Phi) is 3.06. The van der Waals surface area contributed by atoms with E-state index in [4.69, 9.17) is 11.6 Å².